The Morgan fingerprint density at radius 2 is 1.33 bits per heavy atom. The van der Waals surface area contributed by atoms with Crippen LogP contribution in [0.25, 0.3) is 0 Å². The van der Waals surface area contributed by atoms with Gasteiger partial charge in [0.05, 0.1) is 25.2 Å². The summed E-state index contributed by atoms with van der Waals surface area (Å²) in [5.41, 5.74) is -0.151. The van der Waals surface area contributed by atoms with Crippen LogP contribution in [0.15, 0.2) is 60.7 Å². The lowest BCUT2D eigenvalue weighted by Gasteiger charge is -2.47. The molecule has 1 aliphatic carbocycles. The van der Waals surface area contributed by atoms with E-state index in [2.05, 4.69) is 0 Å². The molecule has 3 saturated heterocycles. The number of aliphatic hydroxyl groups excluding tert-OH is 1. The molecular weight excluding hydrogens is 566 g/mol. The third kappa shape index (κ3) is 7.16. The van der Waals surface area contributed by atoms with Crippen molar-refractivity contribution in [2.45, 2.75) is 121 Å². The Labute approximate surface area is 269 Å². The Bertz CT molecular complexity index is 1170. The Morgan fingerprint density at radius 1 is 0.800 bits per heavy atom. The molecule has 1 N–H and O–H groups in total. The van der Waals surface area contributed by atoms with Gasteiger partial charge in [0.25, 0.3) is 0 Å². The number of esters is 2. The third-order valence-electron chi connectivity index (χ3n) is 10.8. The van der Waals surface area contributed by atoms with Crippen molar-refractivity contribution < 1.29 is 33.4 Å². The van der Waals surface area contributed by atoms with Gasteiger partial charge in [-0.2, -0.15) is 0 Å². The number of piperidine rings is 1. The molecule has 6 rings (SSSR count). The lowest BCUT2D eigenvalue weighted by Crippen LogP contribution is -2.60. The fourth-order valence-electron chi connectivity index (χ4n) is 8.78. The summed E-state index contributed by atoms with van der Waals surface area (Å²) in [7, 11) is 1.00. The predicted molar refractivity (Wildman–Crippen MR) is 174 cm³/mol. The van der Waals surface area contributed by atoms with Crippen LogP contribution in [-0.4, -0.2) is 66.2 Å². The molecule has 246 valence electrons. The van der Waals surface area contributed by atoms with Gasteiger partial charge in [0.15, 0.2) is 0 Å². The molecule has 3 unspecified atom stereocenters. The third-order valence-corrected chi connectivity index (χ3v) is 10.8. The maximum absolute atomic E-state index is 14.9. The molecule has 3 atom stereocenters. The number of carbonyl (C=O) groups is 2. The number of hydrogen-bond donors (Lipinski definition) is 1. The number of nitrogens with zero attached hydrogens (tertiary/aromatic N) is 1. The van der Waals surface area contributed by atoms with Gasteiger partial charge in [-0.1, -0.05) is 93.8 Å². The topological polar surface area (TPSA) is 82.1 Å². The lowest BCUT2D eigenvalue weighted by molar-refractivity contribution is -0.956. The van der Waals surface area contributed by atoms with E-state index in [1.54, 1.807) is 0 Å². The molecule has 3 heterocycles. The summed E-state index contributed by atoms with van der Waals surface area (Å²) in [6, 6.07) is 20.6. The molecule has 1 saturated carbocycles. The zero-order valence-electron chi connectivity index (χ0n) is 27.6. The summed E-state index contributed by atoms with van der Waals surface area (Å²) in [5, 5.41) is 7.00. The highest BCUT2D eigenvalue weighted by atomic mass is 16.7. The molecule has 4 fully saturated rings. The standard InChI is InChI=1S/C37H50NO5.CH4O/c1-27(2)24-34(39)42-35(28-14-6-3-7-15-28)43-37(29-16-8-4-9-17-29,30-18-10-5-11-19-30)36(40)41-33-25-31-20-21-32(26-33)38(31)22-12-13-23-38;1-2/h4-5,8-11,16-19,27-28,31-33,35H,3,6-7,12-15,20-26H2,1-2H3;2H,1H3/q+1;. The van der Waals surface area contributed by atoms with Crippen molar-refractivity contribution in [3.05, 3.63) is 71.8 Å². The van der Waals surface area contributed by atoms with Crippen molar-refractivity contribution in [1.29, 1.82) is 0 Å². The van der Waals surface area contributed by atoms with Crippen LogP contribution in [0.3, 0.4) is 0 Å². The molecule has 45 heavy (non-hydrogen) atoms. The number of quaternary nitrogens is 1. The van der Waals surface area contributed by atoms with Crippen LogP contribution >= 0.6 is 0 Å². The average Bonchev–Trinajstić information content (AvgIpc) is 3.61. The number of benzene rings is 2. The zero-order chi connectivity index (χ0) is 31.9. The molecule has 1 spiro atoms. The van der Waals surface area contributed by atoms with Crippen LogP contribution in [0.5, 0.6) is 0 Å². The zero-order valence-corrected chi connectivity index (χ0v) is 27.6. The van der Waals surface area contributed by atoms with E-state index in [9.17, 15) is 9.59 Å². The molecule has 2 aromatic rings. The smallest absolute Gasteiger partial charge is 0.348 e. The molecule has 3 aliphatic heterocycles. The van der Waals surface area contributed by atoms with Crippen LogP contribution in [0.1, 0.15) is 102 Å². The first kappa shape index (κ1) is 33.6. The minimum atomic E-state index is -1.56. The van der Waals surface area contributed by atoms with Crippen molar-refractivity contribution in [2.24, 2.45) is 11.8 Å². The highest BCUT2D eigenvalue weighted by Gasteiger charge is 2.57. The predicted octanol–water partition coefficient (Wildman–Crippen LogP) is 6.90. The highest BCUT2D eigenvalue weighted by molar-refractivity contribution is 5.86. The fourth-order valence-corrected chi connectivity index (χ4v) is 8.78. The van der Waals surface area contributed by atoms with E-state index in [1.165, 1.54) is 43.3 Å². The van der Waals surface area contributed by atoms with E-state index >= 15 is 0 Å². The van der Waals surface area contributed by atoms with Gasteiger partial charge in [-0.25, -0.2) is 4.79 Å². The summed E-state index contributed by atoms with van der Waals surface area (Å²) in [4.78, 5) is 28.0. The van der Waals surface area contributed by atoms with Gasteiger partial charge < -0.3 is 23.8 Å². The van der Waals surface area contributed by atoms with E-state index in [1.807, 2.05) is 74.5 Å². The Morgan fingerprint density at radius 3 is 1.84 bits per heavy atom. The normalized spacial score (nSPS) is 25.0. The van der Waals surface area contributed by atoms with Gasteiger partial charge in [0, 0.05) is 58.0 Å². The molecule has 7 nitrogen and oxygen atoms in total. The lowest BCUT2D eigenvalue weighted by atomic mass is 9.84. The second-order valence-electron chi connectivity index (χ2n) is 14.0. The number of hydrogen-bond acceptors (Lipinski definition) is 6. The quantitative estimate of drug-likeness (QED) is 0.177. The van der Waals surface area contributed by atoms with Crippen LogP contribution < -0.4 is 0 Å². The van der Waals surface area contributed by atoms with Crippen LogP contribution in [0.4, 0.5) is 0 Å². The highest BCUT2D eigenvalue weighted by Crippen LogP contribution is 2.47. The van der Waals surface area contributed by atoms with Gasteiger partial charge in [-0.05, 0) is 29.9 Å². The first-order chi connectivity index (χ1) is 21.9. The molecule has 2 bridgehead atoms. The Kier molecular flexibility index (Phi) is 11.4. The summed E-state index contributed by atoms with van der Waals surface area (Å²) in [6.45, 7) is 6.59. The van der Waals surface area contributed by atoms with E-state index in [-0.39, 0.29) is 23.9 Å². The largest absolute Gasteiger partial charge is 0.459 e. The molecule has 0 radical (unpaired) electrons. The van der Waals surface area contributed by atoms with Gasteiger partial charge >= 0.3 is 11.9 Å². The number of ether oxygens (including phenoxy) is 3. The van der Waals surface area contributed by atoms with Crippen LogP contribution in [0, 0.1) is 11.8 Å². The number of aliphatic hydroxyl groups is 1. The number of carbonyl (C=O) groups excluding carboxylic acids is 2. The maximum Gasteiger partial charge on any atom is 0.348 e. The van der Waals surface area contributed by atoms with Crippen molar-refractivity contribution in [3.63, 3.8) is 0 Å². The minimum absolute atomic E-state index is 0.0227. The van der Waals surface area contributed by atoms with Gasteiger partial charge in [0.1, 0.15) is 6.10 Å². The SMILES string of the molecule is CC(C)CC(=O)OC(OC(C(=O)OC1CC2CCC(C1)[N+]21CCCC1)(c1ccccc1)c1ccccc1)C1CCCCC1.CO. The first-order valence-electron chi connectivity index (χ1n) is 17.4. The maximum atomic E-state index is 14.9. The second-order valence-corrected chi connectivity index (χ2v) is 14.0. The molecular formula is C38H54NO6+. The van der Waals surface area contributed by atoms with Crippen molar-refractivity contribution in [3.8, 4) is 0 Å². The summed E-state index contributed by atoms with van der Waals surface area (Å²) in [6.07, 6.45) is 11.3. The van der Waals surface area contributed by atoms with E-state index in [0.717, 1.165) is 52.1 Å². The van der Waals surface area contributed by atoms with Crippen molar-refractivity contribution in [1.82, 2.24) is 0 Å². The molecule has 4 aliphatic rings. The Balaban J connectivity index is 0.00000196. The van der Waals surface area contributed by atoms with Crippen molar-refractivity contribution >= 4 is 11.9 Å². The molecule has 0 aromatic heterocycles. The van der Waals surface area contributed by atoms with E-state index < -0.39 is 17.9 Å². The van der Waals surface area contributed by atoms with E-state index in [4.69, 9.17) is 19.3 Å². The monoisotopic (exact) mass is 620 g/mol. The number of rotatable bonds is 10. The fraction of sp³-hybridized carbons (Fsp3) is 0.632. The first-order valence-corrected chi connectivity index (χ1v) is 17.4. The summed E-state index contributed by atoms with van der Waals surface area (Å²) in [5.74, 6) is -0.488. The summed E-state index contributed by atoms with van der Waals surface area (Å²) < 4.78 is 21.1. The van der Waals surface area contributed by atoms with Crippen molar-refractivity contribution in [2.75, 3.05) is 20.2 Å². The van der Waals surface area contributed by atoms with Gasteiger partial charge in [0.2, 0.25) is 11.9 Å². The average molecular weight is 621 g/mol. The van der Waals surface area contributed by atoms with Gasteiger partial charge in [-0.3, -0.25) is 4.79 Å². The minimum Gasteiger partial charge on any atom is -0.459 e. The van der Waals surface area contributed by atoms with E-state index in [0.29, 0.717) is 29.6 Å². The van der Waals surface area contributed by atoms with Gasteiger partial charge in [-0.15, -0.1) is 0 Å². The van der Waals surface area contributed by atoms with Crippen LogP contribution in [-0.2, 0) is 29.4 Å². The summed E-state index contributed by atoms with van der Waals surface area (Å²) >= 11 is 0. The Hall–Kier alpha value is -2.74. The molecule has 0 amide bonds. The van der Waals surface area contributed by atoms with Crippen LogP contribution in [0.2, 0.25) is 0 Å². The molecule has 2 aromatic carbocycles. The molecule has 7 heteroatoms. The second kappa shape index (κ2) is 15.2.